The van der Waals surface area contributed by atoms with Gasteiger partial charge in [0.05, 0.1) is 13.2 Å². The molecule has 3 aromatic rings. The molecule has 6 nitrogen and oxygen atoms in total. The van der Waals surface area contributed by atoms with Gasteiger partial charge in [0.2, 0.25) is 0 Å². The van der Waals surface area contributed by atoms with E-state index in [1.54, 1.807) is 11.3 Å². The van der Waals surface area contributed by atoms with E-state index in [4.69, 9.17) is 19.7 Å². The zero-order chi connectivity index (χ0) is 31.6. The molecule has 0 aliphatic rings. The molecule has 0 aliphatic heterocycles. The summed E-state index contributed by atoms with van der Waals surface area (Å²) in [6.07, 6.45) is 25.7. The molecule has 1 heterocycles. The molecule has 7 heteroatoms. The minimum atomic E-state index is 0.326. The van der Waals surface area contributed by atoms with Crippen LogP contribution in [0.1, 0.15) is 126 Å². The number of rotatable bonds is 27. The average molecular weight is 637 g/mol. The number of hydrogen-bond donors (Lipinski definition) is 2. The minimum Gasteiger partial charge on any atom is -0.494 e. The number of aromatic nitrogens is 2. The molecule has 0 saturated heterocycles. The monoisotopic (exact) mass is 636 g/mol. The second-order valence-corrected chi connectivity index (χ2v) is 12.9. The summed E-state index contributed by atoms with van der Waals surface area (Å²) in [6.45, 7) is 2.17. The Balaban J connectivity index is 1.26. The van der Waals surface area contributed by atoms with Gasteiger partial charge in [-0.05, 0) is 73.7 Å². The van der Waals surface area contributed by atoms with Gasteiger partial charge in [-0.1, -0.05) is 119 Å². The molecule has 3 rings (SSSR count). The summed E-state index contributed by atoms with van der Waals surface area (Å²) >= 11 is 1.58. The molecule has 2 N–H and O–H groups in total. The van der Waals surface area contributed by atoms with Gasteiger partial charge in [-0.3, -0.25) is 0 Å². The van der Waals surface area contributed by atoms with Crippen LogP contribution in [-0.2, 0) is 0 Å². The zero-order valence-corrected chi connectivity index (χ0v) is 28.2. The molecule has 0 radical (unpaired) electrons. The summed E-state index contributed by atoms with van der Waals surface area (Å²) in [4.78, 5) is 0. The van der Waals surface area contributed by atoms with Gasteiger partial charge < -0.3 is 19.7 Å². The lowest BCUT2D eigenvalue weighted by atomic mass is 10.1. The number of unbranched alkanes of at least 4 members (excludes halogenated alkanes) is 16. The van der Waals surface area contributed by atoms with Crippen LogP contribution >= 0.6 is 11.3 Å². The topological polar surface area (TPSA) is 84.7 Å². The molecule has 0 bridgehead atoms. The van der Waals surface area contributed by atoms with Crippen molar-refractivity contribution >= 4 is 23.5 Å². The number of ether oxygens (including phenoxy) is 2. The molecule has 0 unspecified atom stereocenters. The molecular weight excluding hydrogens is 580 g/mol. The van der Waals surface area contributed by atoms with E-state index in [2.05, 4.69) is 40.5 Å². The van der Waals surface area contributed by atoms with E-state index in [1.807, 2.05) is 30.3 Å². The molecule has 0 saturated carbocycles. The average Bonchev–Trinajstić information content (AvgIpc) is 3.55. The SMILES string of the molecule is OCCCCCCCCCCCOc1ccc(/C=C/c2nnc(-c3ccc(OCCCCCCCCCCCO)cc3)s2)cc1. The zero-order valence-electron chi connectivity index (χ0n) is 27.3. The highest BCUT2D eigenvalue weighted by atomic mass is 32.1. The van der Waals surface area contributed by atoms with E-state index in [1.165, 1.54) is 77.0 Å². The lowest BCUT2D eigenvalue weighted by molar-refractivity contribution is 0.282. The van der Waals surface area contributed by atoms with Crippen LogP contribution in [0.4, 0.5) is 0 Å². The second-order valence-electron chi connectivity index (χ2n) is 11.9. The van der Waals surface area contributed by atoms with Crippen molar-refractivity contribution in [2.75, 3.05) is 26.4 Å². The van der Waals surface area contributed by atoms with Crippen molar-refractivity contribution in [3.63, 3.8) is 0 Å². The van der Waals surface area contributed by atoms with Crippen LogP contribution in [0, 0.1) is 0 Å². The third-order valence-electron chi connectivity index (χ3n) is 7.98. The molecule has 1 aromatic heterocycles. The third kappa shape index (κ3) is 16.9. The first-order valence-electron chi connectivity index (χ1n) is 17.5. The van der Waals surface area contributed by atoms with Gasteiger partial charge in [-0.15, -0.1) is 10.2 Å². The van der Waals surface area contributed by atoms with E-state index in [0.29, 0.717) is 13.2 Å². The summed E-state index contributed by atoms with van der Waals surface area (Å²) in [5, 5.41) is 28.2. The van der Waals surface area contributed by atoms with Crippen molar-refractivity contribution in [3.8, 4) is 22.1 Å². The first kappa shape index (κ1) is 36.7. The molecule has 45 heavy (non-hydrogen) atoms. The molecular formula is C38H56N2O4S. The highest BCUT2D eigenvalue weighted by Crippen LogP contribution is 2.27. The number of aliphatic hydroxyl groups excluding tert-OH is 2. The van der Waals surface area contributed by atoms with E-state index >= 15 is 0 Å². The summed E-state index contributed by atoms with van der Waals surface area (Å²) < 4.78 is 11.9. The molecule has 0 amide bonds. The Morgan fingerprint density at radius 2 is 0.911 bits per heavy atom. The maximum atomic E-state index is 8.82. The van der Waals surface area contributed by atoms with Crippen LogP contribution < -0.4 is 9.47 Å². The van der Waals surface area contributed by atoms with Crippen LogP contribution in [0.2, 0.25) is 0 Å². The van der Waals surface area contributed by atoms with Crippen molar-refractivity contribution in [3.05, 3.63) is 59.1 Å². The predicted octanol–water partition coefficient (Wildman–Crippen LogP) is 10.1. The van der Waals surface area contributed by atoms with Crippen LogP contribution in [0.25, 0.3) is 22.7 Å². The quantitative estimate of drug-likeness (QED) is 0.0810. The van der Waals surface area contributed by atoms with Crippen LogP contribution in [0.15, 0.2) is 48.5 Å². The van der Waals surface area contributed by atoms with E-state index in [9.17, 15) is 0 Å². The van der Waals surface area contributed by atoms with E-state index in [-0.39, 0.29) is 0 Å². The Morgan fingerprint density at radius 3 is 1.38 bits per heavy atom. The van der Waals surface area contributed by atoms with Gasteiger partial charge in [-0.2, -0.15) is 0 Å². The number of aliphatic hydroxyl groups is 2. The van der Waals surface area contributed by atoms with Crippen molar-refractivity contribution in [1.82, 2.24) is 10.2 Å². The Hall–Kier alpha value is -2.74. The molecule has 248 valence electrons. The Morgan fingerprint density at radius 1 is 0.489 bits per heavy atom. The highest BCUT2D eigenvalue weighted by Gasteiger charge is 2.06. The third-order valence-corrected chi connectivity index (χ3v) is 8.92. The first-order chi connectivity index (χ1) is 22.3. The summed E-state index contributed by atoms with van der Waals surface area (Å²) in [5.41, 5.74) is 2.16. The van der Waals surface area contributed by atoms with E-state index in [0.717, 1.165) is 84.4 Å². The largest absolute Gasteiger partial charge is 0.494 e. The van der Waals surface area contributed by atoms with Crippen molar-refractivity contribution in [2.45, 2.75) is 116 Å². The van der Waals surface area contributed by atoms with Gasteiger partial charge in [0.15, 0.2) is 0 Å². The fourth-order valence-corrected chi connectivity index (χ4v) is 5.99. The first-order valence-corrected chi connectivity index (χ1v) is 18.3. The van der Waals surface area contributed by atoms with Gasteiger partial charge >= 0.3 is 0 Å². The molecule has 0 spiro atoms. The summed E-state index contributed by atoms with van der Waals surface area (Å²) in [6, 6.07) is 16.4. The van der Waals surface area contributed by atoms with Gasteiger partial charge in [0.25, 0.3) is 0 Å². The molecule has 2 aromatic carbocycles. The maximum Gasteiger partial charge on any atom is 0.148 e. The van der Waals surface area contributed by atoms with E-state index < -0.39 is 0 Å². The Bertz CT molecular complexity index is 1150. The van der Waals surface area contributed by atoms with Gasteiger partial charge in [-0.25, -0.2) is 0 Å². The van der Waals surface area contributed by atoms with Crippen LogP contribution in [0.3, 0.4) is 0 Å². The lowest BCUT2D eigenvalue weighted by Crippen LogP contribution is -1.97. The van der Waals surface area contributed by atoms with Crippen LogP contribution in [0.5, 0.6) is 11.5 Å². The van der Waals surface area contributed by atoms with Crippen molar-refractivity contribution in [2.24, 2.45) is 0 Å². The fraction of sp³-hybridized carbons (Fsp3) is 0.579. The lowest BCUT2D eigenvalue weighted by Gasteiger charge is -2.07. The van der Waals surface area contributed by atoms with Gasteiger partial charge in [0.1, 0.15) is 21.5 Å². The molecule has 0 aliphatic carbocycles. The standard InChI is InChI=1S/C38H56N2O4S/c41-29-15-11-7-3-1-5-9-13-17-31-43-35-24-19-33(20-25-35)21-28-37-39-40-38(45-37)34-22-26-36(27-23-34)44-32-18-14-10-6-2-4-8-12-16-30-42/h19-28,41-42H,1-18,29-32H2/b28-21+. The number of benzene rings is 2. The van der Waals surface area contributed by atoms with Crippen molar-refractivity contribution < 1.29 is 19.7 Å². The fourth-order valence-electron chi connectivity index (χ4n) is 5.24. The van der Waals surface area contributed by atoms with Crippen LogP contribution in [-0.4, -0.2) is 46.8 Å². The minimum absolute atomic E-state index is 0.326. The number of hydrogen-bond acceptors (Lipinski definition) is 7. The maximum absolute atomic E-state index is 8.82. The Labute approximate surface area is 275 Å². The Kier molecular flexibility index (Phi) is 20.0. The van der Waals surface area contributed by atoms with Gasteiger partial charge in [0, 0.05) is 18.8 Å². The summed E-state index contributed by atoms with van der Waals surface area (Å²) in [7, 11) is 0. The smallest absolute Gasteiger partial charge is 0.148 e. The highest BCUT2D eigenvalue weighted by molar-refractivity contribution is 7.15. The molecule has 0 atom stereocenters. The normalized spacial score (nSPS) is 11.4. The predicted molar refractivity (Wildman–Crippen MR) is 189 cm³/mol. The molecule has 0 fully saturated rings. The second kappa shape index (κ2) is 24.5. The number of nitrogens with zero attached hydrogens (tertiary/aromatic N) is 2. The van der Waals surface area contributed by atoms with Crippen molar-refractivity contribution in [1.29, 1.82) is 0 Å². The summed E-state index contributed by atoms with van der Waals surface area (Å²) in [5.74, 6) is 1.82.